The molecule has 0 spiro atoms. The second kappa shape index (κ2) is 7.94. The molecule has 2 heterocycles. The van der Waals surface area contributed by atoms with Crippen molar-refractivity contribution < 1.29 is 27.4 Å². The van der Waals surface area contributed by atoms with E-state index in [9.17, 15) is 18.0 Å². The number of ether oxygens (including phenoxy) is 2. The number of hydrogen-bond acceptors (Lipinski definition) is 4. The van der Waals surface area contributed by atoms with E-state index >= 15 is 0 Å². The summed E-state index contributed by atoms with van der Waals surface area (Å²) in [6, 6.07) is 5.67. The fourth-order valence-electron chi connectivity index (χ4n) is 3.74. The highest BCUT2D eigenvalue weighted by molar-refractivity contribution is 5.92. The molecule has 5 nitrogen and oxygen atoms in total. The van der Waals surface area contributed by atoms with Crippen LogP contribution in [0.1, 0.15) is 30.5 Å². The maximum absolute atomic E-state index is 13.8. The first-order chi connectivity index (χ1) is 13.9. The third-order valence-corrected chi connectivity index (χ3v) is 5.33. The normalized spacial score (nSPS) is 18.7. The van der Waals surface area contributed by atoms with Gasteiger partial charge in [-0.25, -0.2) is 13.2 Å². The first kappa shape index (κ1) is 19.6. The van der Waals surface area contributed by atoms with Gasteiger partial charge in [0.2, 0.25) is 5.91 Å². The average molecular weight is 406 g/mol. The summed E-state index contributed by atoms with van der Waals surface area (Å²) in [7, 11) is 0. The summed E-state index contributed by atoms with van der Waals surface area (Å²) >= 11 is 0. The van der Waals surface area contributed by atoms with E-state index in [-0.39, 0.29) is 18.3 Å². The number of rotatable bonds is 3. The van der Waals surface area contributed by atoms with Crippen LogP contribution in [0.3, 0.4) is 0 Å². The lowest BCUT2D eigenvalue weighted by Crippen LogP contribution is -2.39. The van der Waals surface area contributed by atoms with E-state index < -0.39 is 23.4 Å². The van der Waals surface area contributed by atoms with E-state index in [0.29, 0.717) is 25.5 Å². The highest BCUT2D eigenvalue weighted by Crippen LogP contribution is 2.39. The van der Waals surface area contributed by atoms with Gasteiger partial charge in [-0.3, -0.25) is 9.69 Å². The average Bonchev–Trinajstić information content (AvgIpc) is 2.94. The van der Waals surface area contributed by atoms with Crippen molar-refractivity contribution in [3.8, 4) is 11.5 Å². The summed E-state index contributed by atoms with van der Waals surface area (Å²) in [6.45, 7) is 3.81. The van der Waals surface area contributed by atoms with Gasteiger partial charge in [-0.1, -0.05) is 0 Å². The van der Waals surface area contributed by atoms with Crippen LogP contribution >= 0.6 is 0 Å². The van der Waals surface area contributed by atoms with Crippen molar-refractivity contribution in [1.29, 1.82) is 0 Å². The third-order valence-electron chi connectivity index (χ3n) is 5.33. The van der Waals surface area contributed by atoms with Crippen LogP contribution < -0.4 is 14.8 Å². The Labute approximate surface area is 166 Å². The maximum atomic E-state index is 13.8. The molecule has 1 unspecified atom stereocenters. The number of carbonyl (C=O) groups is 1. The number of hydrogen-bond donors (Lipinski definition) is 1. The molecule has 4 rings (SSSR count). The molecule has 0 aromatic heterocycles. The van der Waals surface area contributed by atoms with Gasteiger partial charge in [0, 0.05) is 19.0 Å². The Balaban J connectivity index is 1.48. The van der Waals surface area contributed by atoms with Crippen LogP contribution in [-0.4, -0.2) is 37.1 Å². The summed E-state index contributed by atoms with van der Waals surface area (Å²) in [5.74, 6) is -3.37. The molecular formula is C21H21F3N2O3. The van der Waals surface area contributed by atoms with Crippen molar-refractivity contribution in [2.24, 2.45) is 0 Å². The number of carbonyl (C=O) groups excluding carboxylic acids is 1. The van der Waals surface area contributed by atoms with E-state index in [1.807, 2.05) is 24.0 Å². The van der Waals surface area contributed by atoms with E-state index in [4.69, 9.17) is 9.47 Å². The monoisotopic (exact) mass is 406 g/mol. The van der Waals surface area contributed by atoms with Crippen LogP contribution in [-0.2, 0) is 11.2 Å². The zero-order valence-electron chi connectivity index (χ0n) is 15.9. The van der Waals surface area contributed by atoms with Crippen LogP contribution in [0.15, 0.2) is 24.3 Å². The highest BCUT2D eigenvalue weighted by Gasteiger charge is 2.28. The number of anilines is 1. The van der Waals surface area contributed by atoms with E-state index in [0.717, 1.165) is 41.9 Å². The molecule has 1 amide bonds. The van der Waals surface area contributed by atoms with Gasteiger partial charge in [0.05, 0.1) is 25.4 Å². The van der Waals surface area contributed by atoms with Crippen LogP contribution in [0.4, 0.5) is 18.9 Å². The molecule has 2 aromatic carbocycles. The highest BCUT2D eigenvalue weighted by atomic mass is 19.2. The lowest BCUT2D eigenvalue weighted by Gasteiger charge is -2.35. The molecule has 8 heteroatoms. The number of nitrogens with one attached hydrogen (secondary N) is 1. The van der Waals surface area contributed by atoms with Crippen molar-refractivity contribution in [1.82, 2.24) is 4.90 Å². The lowest BCUT2D eigenvalue weighted by atomic mass is 9.93. The predicted octanol–water partition coefficient (Wildman–Crippen LogP) is 3.82. The fourth-order valence-corrected chi connectivity index (χ4v) is 3.74. The standard InChI is InChI=1S/C21H21F3N2O3/c1-12-14-10-18-17(28-7-2-8-29-18)9-13(14)5-6-26(12)11-19(27)25-16-4-3-15(22)20(23)21(16)24/h3-4,9-10,12H,2,5-8,11H2,1H3,(H,25,27). The molecule has 0 bridgehead atoms. The quantitative estimate of drug-likeness (QED) is 0.788. The van der Waals surface area contributed by atoms with Crippen molar-refractivity contribution in [3.05, 3.63) is 52.8 Å². The molecule has 0 aliphatic carbocycles. The first-order valence-electron chi connectivity index (χ1n) is 9.54. The maximum Gasteiger partial charge on any atom is 0.238 e. The van der Waals surface area contributed by atoms with Crippen LogP contribution in [0.25, 0.3) is 0 Å². The Morgan fingerprint density at radius 3 is 2.62 bits per heavy atom. The van der Waals surface area contributed by atoms with Gasteiger partial charge in [0.15, 0.2) is 29.0 Å². The molecule has 29 heavy (non-hydrogen) atoms. The Morgan fingerprint density at radius 1 is 1.14 bits per heavy atom. The number of fused-ring (bicyclic) bond motifs is 2. The third kappa shape index (κ3) is 3.89. The van der Waals surface area contributed by atoms with Gasteiger partial charge in [-0.05, 0) is 48.7 Å². The van der Waals surface area contributed by atoms with Gasteiger partial charge in [-0.15, -0.1) is 0 Å². The molecular weight excluding hydrogens is 385 g/mol. The fraction of sp³-hybridized carbons (Fsp3) is 0.381. The van der Waals surface area contributed by atoms with Gasteiger partial charge >= 0.3 is 0 Å². The lowest BCUT2D eigenvalue weighted by molar-refractivity contribution is -0.118. The molecule has 2 aromatic rings. The SMILES string of the molecule is CC1c2cc3c(cc2CCN1CC(=O)Nc1ccc(F)c(F)c1F)OCCCO3. The number of nitrogens with zero attached hydrogens (tertiary/aromatic N) is 1. The van der Waals surface area contributed by atoms with Crippen molar-refractivity contribution >= 4 is 11.6 Å². The van der Waals surface area contributed by atoms with Crippen LogP contribution in [0.5, 0.6) is 11.5 Å². The molecule has 2 aliphatic rings. The Kier molecular flexibility index (Phi) is 5.36. The van der Waals surface area contributed by atoms with Gasteiger partial charge in [0.25, 0.3) is 0 Å². The Morgan fingerprint density at radius 2 is 1.86 bits per heavy atom. The number of amides is 1. The van der Waals surface area contributed by atoms with Gasteiger partial charge in [-0.2, -0.15) is 0 Å². The van der Waals surface area contributed by atoms with Gasteiger partial charge < -0.3 is 14.8 Å². The van der Waals surface area contributed by atoms with Crippen molar-refractivity contribution in [2.75, 3.05) is 31.6 Å². The summed E-state index contributed by atoms with van der Waals surface area (Å²) in [5, 5.41) is 2.32. The molecule has 0 fully saturated rings. The smallest absolute Gasteiger partial charge is 0.238 e. The second-order valence-electron chi connectivity index (χ2n) is 7.22. The number of halogens is 3. The topological polar surface area (TPSA) is 50.8 Å². The summed E-state index contributed by atoms with van der Waals surface area (Å²) in [4.78, 5) is 14.3. The largest absolute Gasteiger partial charge is 0.490 e. The van der Waals surface area contributed by atoms with E-state index in [1.54, 1.807) is 0 Å². The zero-order valence-corrected chi connectivity index (χ0v) is 15.9. The van der Waals surface area contributed by atoms with Crippen LogP contribution in [0.2, 0.25) is 0 Å². The summed E-state index contributed by atoms with van der Waals surface area (Å²) < 4.78 is 51.7. The molecule has 2 aliphatic heterocycles. The summed E-state index contributed by atoms with van der Waals surface area (Å²) in [6.07, 6.45) is 1.55. The van der Waals surface area contributed by atoms with Crippen molar-refractivity contribution in [3.63, 3.8) is 0 Å². The predicted molar refractivity (Wildman–Crippen MR) is 101 cm³/mol. The van der Waals surface area contributed by atoms with E-state index in [1.165, 1.54) is 0 Å². The zero-order chi connectivity index (χ0) is 20.5. The minimum absolute atomic E-state index is 0.00646. The Bertz CT molecular complexity index is 951. The van der Waals surface area contributed by atoms with Crippen LogP contribution in [0, 0.1) is 17.5 Å². The van der Waals surface area contributed by atoms with E-state index in [2.05, 4.69) is 5.32 Å². The summed E-state index contributed by atoms with van der Waals surface area (Å²) in [5.41, 5.74) is 1.81. The molecule has 154 valence electrons. The minimum Gasteiger partial charge on any atom is -0.490 e. The van der Waals surface area contributed by atoms with Gasteiger partial charge in [0.1, 0.15) is 0 Å². The first-order valence-corrected chi connectivity index (χ1v) is 9.54. The molecule has 0 saturated carbocycles. The molecule has 0 saturated heterocycles. The molecule has 0 radical (unpaired) electrons. The second-order valence-corrected chi connectivity index (χ2v) is 7.22. The molecule has 1 N–H and O–H groups in total. The molecule has 1 atom stereocenters. The minimum atomic E-state index is -1.61. The van der Waals surface area contributed by atoms with Crippen molar-refractivity contribution in [2.45, 2.75) is 25.8 Å². The Hall–Kier alpha value is -2.74. The number of benzene rings is 2.